The van der Waals surface area contributed by atoms with Crippen molar-refractivity contribution in [1.29, 1.82) is 0 Å². The molecule has 1 aromatic carbocycles. The minimum Gasteiger partial charge on any atom is -0.497 e. The molecule has 1 aliphatic rings. The van der Waals surface area contributed by atoms with Gasteiger partial charge in [-0.25, -0.2) is 0 Å². The van der Waals surface area contributed by atoms with E-state index in [-0.39, 0.29) is 17.8 Å². The molecule has 0 spiro atoms. The first kappa shape index (κ1) is 12.9. The molecule has 4 nitrogen and oxygen atoms in total. The van der Waals surface area contributed by atoms with Gasteiger partial charge in [0.2, 0.25) is 0 Å². The van der Waals surface area contributed by atoms with Crippen LogP contribution in [-0.4, -0.2) is 32.7 Å². The van der Waals surface area contributed by atoms with Crippen molar-refractivity contribution < 1.29 is 19.0 Å². The molecule has 1 fully saturated rings. The Balaban J connectivity index is 2.33. The molecule has 4 heteroatoms. The molecule has 18 heavy (non-hydrogen) atoms. The van der Waals surface area contributed by atoms with E-state index in [4.69, 9.17) is 14.2 Å². The van der Waals surface area contributed by atoms with E-state index in [9.17, 15) is 4.79 Å². The second-order valence-electron chi connectivity index (χ2n) is 4.49. The zero-order valence-corrected chi connectivity index (χ0v) is 10.9. The second-order valence-corrected chi connectivity index (χ2v) is 4.49. The monoisotopic (exact) mass is 250 g/mol. The maximum atomic E-state index is 12.4. The Hall–Kier alpha value is -1.55. The Morgan fingerprint density at radius 1 is 1.33 bits per heavy atom. The van der Waals surface area contributed by atoms with Crippen LogP contribution < -0.4 is 9.47 Å². The smallest absolute Gasteiger partial charge is 0.195 e. The van der Waals surface area contributed by atoms with Crippen LogP contribution in [0.15, 0.2) is 18.2 Å². The maximum absolute atomic E-state index is 12.4. The topological polar surface area (TPSA) is 44.8 Å². The van der Waals surface area contributed by atoms with Gasteiger partial charge < -0.3 is 14.2 Å². The molecule has 2 atom stereocenters. The van der Waals surface area contributed by atoms with Gasteiger partial charge in [-0.05, 0) is 30.5 Å². The summed E-state index contributed by atoms with van der Waals surface area (Å²) >= 11 is 0. The van der Waals surface area contributed by atoms with Gasteiger partial charge >= 0.3 is 0 Å². The SMILES string of the molecule is COc1ccc(OC)c(C(=O)C2OCCC2C)c1. The molecule has 1 aliphatic heterocycles. The summed E-state index contributed by atoms with van der Waals surface area (Å²) in [6.07, 6.45) is 0.550. The van der Waals surface area contributed by atoms with Crippen LogP contribution >= 0.6 is 0 Å². The molecular formula is C14H18O4. The summed E-state index contributed by atoms with van der Waals surface area (Å²) < 4.78 is 15.9. The highest BCUT2D eigenvalue weighted by Crippen LogP contribution is 2.30. The Bertz CT molecular complexity index is 441. The molecule has 2 unspecified atom stereocenters. The fraction of sp³-hybridized carbons (Fsp3) is 0.500. The van der Waals surface area contributed by atoms with Gasteiger partial charge in [0.05, 0.1) is 19.8 Å². The summed E-state index contributed by atoms with van der Waals surface area (Å²) in [6, 6.07) is 5.22. The Labute approximate surface area is 107 Å². The van der Waals surface area contributed by atoms with Crippen LogP contribution in [0.2, 0.25) is 0 Å². The van der Waals surface area contributed by atoms with Crippen molar-refractivity contribution in [2.24, 2.45) is 5.92 Å². The number of Topliss-reactive ketones (excluding diaryl/α,β-unsaturated/α-hetero) is 1. The first-order chi connectivity index (χ1) is 8.67. The molecule has 0 saturated carbocycles. The molecule has 2 rings (SSSR count). The van der Waals surface area contributed by atoms with E-state index in [0.717, 1.165) is 6.42 Å². The predicted molar refractivity (Wildman–Crippen MR) is 67.4 cm³/mol. The van der Waals surface area contributed by atoms with Crippen molar-refractivity contribution in [3.63, 3.8) is 0 Å². The van der Waals surface area contributed by atoms with Gasteiger partial charge in [-0.2, -0.15) is 0 Å². The fourth-order valence-corrected chi connectivity index (χ4v) is 2.19. The second kappa shape index (κ2) is 5.40. The molecule has 0 aromatic heterocycles. The van der Waals surface area contributed by atoms with E-state index >= 15 is 0 Å². The normalized spacial score (nSPS) is 22.8. The van der Waals surface area contributed by atoms with Crippen molar-refractivity contribution in [2.75, 3.05) is 20.8 Å². The highest BCUT2D eigenvalue weighted by Gasteiger charge is 2.33. The van der Waals surface area contributed by atoms with Gasteiger partial charge in [0.25, 0.3) is 0 Å². The lowest BCUT2D eigenvalue weighted by Crippen LogP contribution is -2.25. The third-order valence-electron chi connectivity index (χ3n) is 3.32. The summed E-state index contributed by atoms with van der Waals surface area (Å²) in [6.45, 7) is 2.67. The minimum absolute atomic E-state index is 0.0317. The molecule has 0 N–H and O–H groups in total. The van der Waals surface area contributed by atoms with E-state index < -0.39 is 0 Å². The third-order valence-corrected chi connectivity index (χ3v) is 3.32. The van der Waals surface area contributed by atoms with Gasteiger partial charge in [0.1, 0.15) is 17.6 Å². The van der Waals surface area contributed by atoms with Crippen LogP contribution in [0.1, 0.15) is 23.7 Å². The number of hydrogen-bond donors (Lipinski definition) is 0. The molecular weight excluding hydrogens is 232 g/mol. The quantitative estimate of drug-likeness (QED) is 0.769. The zero-order chi connectivity index (χ0) is 13.1. The van der Waals surface area contributed by atoms with Crippen LogP contribution in [0.5, 0.6) is 11.5 Å². The van der Waals surface area contributed by atoms with Crippen molar-refractivity contribution in [3.8, 4) is 11.5 Å². The predicted octanol–water partition coefficient (Wildman–Crippen LogP) is 2.31. The number of ether oxygens (including phenoxy) is 3. The summed E-state index contributed by atoms with van der Waals surface area (Å²) in [5.74, 6) is 1.41. The van der Waals surface area contributed by atoms with Crippen LogP contribution in [0.25, 0.3) is 0 Å². The number of methoxy groups -OCH3 is 2. The van der Waals surface area contributed by atoms with Crippen molar-refractivity contribution in [1.82, 2.24) is 0 Å². The molecule has 0 amide bonds. The zero-order valence-electron chi connectivity index (χ0n) is 10.9. The van der Waals surface area contributed by atoms with E-state index in [1.54, 1.807) is 32.4 Å². The van der Waals surface area contributed by atoms with Crippen molar-refractivity contribution >= 4 is 5.78 Å². The highest BCUT2D eigenvalue weighted by atomic mass is 16.5. The Morgan fingerprint density at radius 2 is 2.11 bits per heavy atom. The molecule has 0 bridgehead atoms. The number of ketones is 1. The minimum atomic E-state index is -0.369. The maximum Gasteiger partial charge on any atom is 0.195 e. The molecule has 98 valence electrons. The fourth-order valence-electron chi connectivity index (χ4n) is 2.19. The summed E-state index contributed by atoms with van der Waals surface area (Å²) in [7, 11) is 3.13. The lowest BCUT2D eigenvalue weighted by Gasteiger charge is -2.16. The molecule has 0 radical (unpaired) electrons. The van der Waals surface area contributed by atoms with Crippen molar-refractivity contribution in [3.05, 3.63) is 23.8 Å². The van der Waals surface area contributed by atoms with Gasteiger partial charge in [-0.15, -0.1) is 0 Å². The van der Waals surface area contributed by atoms with E-state index in [2.05, 4.69) is 0 Å². The van der Waals surface area contributed by atoms with Crippen LogP contribution in [0.3, 0.4) is 0 Å². The largest absolute Gasteiger partial charge is 0.497 e. The number of hydrogen-bond acceptors (Lipinski definition) is 4. The van der Waals surface area contributed by atoms with E-state index in [1.807, 2.05) is 6.92 Å². The van der Waals surface area contributed by atoms with E-state index in [0.29, 0.717) is 23.7 Å². The van der Waals surface area contributed by atoms with Crippen LogP contribution in [-0.2, 0) is 4.74 Å². The third kappa shape index (κ3) is 2.34. The van der Waals surface area contributed by atoms with Crippen LogP contribution in [0, 0.1) is 5.92 Å². The Morgan fingerprint density at radius 3 is 2.67 bits per heavy atom. The van der Waals surface area contributed by atoms with Gasteiger partial charge in [-0.1, -0.05) is 6.92 Å². The number of rotatable bonds is 4. The lowest BCUT2D eigenvalue weighted by molar-refractivity contribution is 0.0576. The van der Waals surface area contributed by atoms with Crippen molar-refractivity contribution in [2.45, 2.75) is 19.4 Å². The number of carbonyl (C=O) groups is 1. The number of carbonyl (C=O) groups excluding carboxylic acids is 1. The van der Waals surface area contributed by atoms with E-state index in [1.165, 1.54) is 0 Å². The first-order valence-electron chi connectivity index (χ1n) is 6.05. The number of benzene rings is 1. The highest BCUT2D eigenvalue weighted by molar-refractivity contribution is 6.02. The first-order valence-corrected chi connectivity index (χ1v) is 6.05. The summed E-state index contributed by atoms with van der Waals surface area (Å²) in [5.41, 5.74) is 0.524. The standard InChI is InChI=1S/C14H18O4/c1-9-6-7-18-14(9)13(15)11-8-10(16-2)4-5-12(11)17-3/h4-5,8-9,14H,6-7H2,1-3H3. The van der Waals surface area contributed by atoms with Gasteiger partial charge in [0, 0.05) is 6.61 Å². The lowest BCUT2D eigenvalue weighted by atomic mass is 9.95. The average molecular weight is 250 g/mol. The summed E-state index contributed by atoms with van der Waals surface area (Å²) in [5, 5.41) is 0. The molecule has 0 aliphatic carbocycles. The van der Waals surface area contributed by atoms with Gasteiger partial charge in [0.15, 0.2) is 5.78 Å². The van der Waals surface area contributed by atoms with Gasteiger partial charge in [-0.3, -0.25) is 4.79 Å². The van der Waals surface area contributed by atoms with Crippen LogP contribution in [0.4, 0.5) is 0 Å². The molecule has 1 aromatic rings. The average Bonchev–Trinajstić information content (AvgIpc) is 2.83. The Kier molecular flexibility index (Phi) is 3.87. The molecule has 1 heterocycles. The molecule has 1 saturated heterocycles. The summed E-state index contributed by atoms with van der Waals surface area (Å²) in [4.78, 5) is 12.4.